The van der Waals surface area contributed by atoms with Crippen molar-refractivity contribution in [3.63, 3.8) is 0 Å². The average molecular weight is 484 g/mol. The fourth-order valence-corrected chi connectivity index (χ4v) is 4.62. The summed E-state index contributed by atoms with van der Waals surface area (Å²) in [6, 6.07) is 15.9. The Labute approximate surface area is 206 Å². The van der Waals surface area contributed by atoms with E-state index in [0.717, 1.165) is 43.4 Å². The summed E-state index contributed by atoms with van der Waals surface area (Å²) >= 11 is 0. The Bertz CT molecular complexity index is 1560. The second-order valence-electron chi connectivity index (χ2n) is 8.65. The summed E-state index contributed by atoms with van der Waals surface area (Å²) in [7, 11) is 0. The fraction of sp³-hybridized carbons (Fsp3) is 0.148. The van der Waals surface area contributed by atoms with Gasteiger partial charge in [-0.15, -0.1) is 0 Å². The molecule has 0 saturated carbocycles. The third-order valence-corrected chi connectivity index (χ3v) is 6.47. The molecule has 0 bridgehead atoms. The highest BCUT2D eigenvalue weighted by molar-refractivity contribution is 5.86. The highest BCUT2D eigenvalue weighted by Crippen LogP contribution is 2.34. The molecule has 0 atom stereocenters. The van der Waals surface area contributed by atoms with Crippen LogP contribution in [0.5, 0.6) is 0 Å². The third-order valence-electron chi connectivity index (χ3n) is 6.47. The Hall–Kier alpha value is -4.37. The summed E-state index contributed by atoms with van der Waals surface area (Å²) in [5.41, 5.74) is 10.9. The predicted octanol–water partition coefficient (Wildman–Crippen LogP) is 4.42. The lowest BCUT2D eigenvalue weighted by molar-refractivity contribution is 0.505. The number of anilines is 2. The summed E-state index contributed by atoms with van der Waals surface area (Å²) < 4.78 is 30.7. The van der Waals surface area contributed by atoms with Crippen molar-refractivity contribution in [2.75, 3.05) is 36.8 Å². The molecule has 36 heavy (non-hydrogen) atoms. The topological polar surface area (TPSA) is 84.9 Å². The zero-order chi connectivity index (χ0) is 24.6. The second-order valence-corrected chi connectivity index (χ2v) is 8.65. The number of fused-ring (bicyclic) bond motifs is 1. The lowest BCUT2D eigenvalue weighted by Crippen LogP contribution is -2.43. The first kappa shape index (κ1) is 22.1. The van der Waals surface area contributed by atoms with E-state index in [1.807, 2.05) is 18.2 Å². The minimum Gasteiger partial charge on any atom is -0.383 e. The van der Waals surface area contributed by atoms with Crippen molar-refractivity contribution in [1.82, 2.24) is 24.8 Å². The van der Waals surface area contributed by atoms with E-state index >= 15 is 0 Å². The van der Waals surface area contributed by atoms with Crippen molar-refractivity contribution in [3.05, 3.63) is 84.8 Å². The van der Waals surface area contributed by atoms with Crippen molar-refractivity contribution in [3.8, 4) is 28.2 Å². The molecule has 0 spiro atoms. The molecule has 0 aliphatic carbocycles. The normalized spacial score (nSPS) is 13.9. The van der Waals surface area contributed by atoms with E-state index in [1.165, 1.54) is 17.8 Å². The molecule has 1 saturated heterocycles. The van der Waals surface area contributed by atoms with Gasteiger partial charge in [0.15, 0.2) is 11.6 Å². The van der Waals surface area contributed by atoms with E-state index in [1.54, 1.807) is 29.2 Å². The third kappa shape index (κ3) is 3.83. The van der Waals surface area contributed by atoms with Gasteiger partial charge in [0.1, 0.15) is 17.2 Å². The molecular weight excluding hydrogens is 460 g/mol. The van der Waals surface area contributed by atoms with Crippen LogP contribution >= 0.6 is 0 Å². The van der Waals surface area contributed by atoms with Crippen molar-refractivity contribution >= 4 is 22.5 Å². The smallest absolute Gasteiger partial charge is 0.182 e. The largest absolute Gasteiger partial charge is 0.383 e. The number of benzene rings is 2. The van der Waals surface area contributed by atoms with Crippen LogP contribution in [-0.4, -0.2) is 45.7 Å². The number of aromatic nitrogens is 4. The number of imidazole rings is 1. The molecular formula is C27H23F2N7. The van der Waals surface area contributed by atoms with Crippen LogP contribution in [0.4, 0.5) is 20.3 Å². The zero-order valence-corrected chi connectivity index (χ0v) is 19.3. The van der Waals surface area contributed by atoms with Gasteiger partial charge in [0.2, 0.25) is 0 Å². The minimum atomic E-state index is -0.971. The molecule has 4 heterocycles. The number of hydrogen-bond acceptors (Lipinski definition) is 6. The number of rotatable bonds is 4. The molecule has 5 aromatic rings. The van der Waals surface area contributed by atoms with Crippen LogP contribution in [-0.2, 0) is 0 Å². The number of halogens is 2. The van der Waals surface area contributed by atoms with E-state index in [0.29, 0.717) is 22.4 Å². The summed E-state index contributed by atoms with van der Waals surface area (Å²) in [5.74, 6) is -1.33. The molecule has 3 N–H and O–H groups in total. The number of nitrogens with zero attached hydrogens (tertiary/aromatic N) is 5. The molecule has 0 amide bonds. The Morgan fingerprint density at radius 3 is 2.53 bits per heavy atom. The van der Waals surface area contributed by atoms with Crippen LogP contribution in [0, 0.1) is 11.6 Å². The van der Waals surface area contributed by atoms with Gasteiger partial charge in [-0.3, -0.25) is 9.55 Å². The molecule has 6 rings (SSSR count). The van der Waals surface area contributed by atoms with Gasteiger partial charge in [-0.2, -0.15) is 0 Å². The Balaban J connectivity index is 1.47. The van der Waals surface area contributed by atoms with Crippen molar-refractivity contribution in [1.29, 1.82) is 0 Å². The molecule has 3 aromatic heterocycles. The van der Waals surface area contributed by atoms with Crippen molar-refractivity contribution < 1.29 is 8.78 Å². The summed E-state index contributed by atoms with van der Waals surface area (Å²) in [4.78, 5) is 15.6. The van der Waals surface area contributed by atoms with Gasteiger partial charge in [-0.25, -0.2) is 18.7 Å². The maximum Gasteiger partial charge on any atom is 0.182 e. The highest BCUT2D eigenvalue weighted by Gasteiger charge is 2.21. The quantitative estimate of drug-likeness (QED) is 0.394. The van der Waals surface area contributed by atoms with Gasteiger partial charge < -0.3 is 16.0 Å². The first-order chi connectivity index (χ1) is 17.6. The lowest BCUT2D eigenvalue weighted by Gasteiger charge is -2.29. The second kappa shape index (κ2) is 9.01. The van der Waals surface area contributed by atoms with Crippen LogP contribution < -0.4 is 16.0 Å². The molecule has 2 aromatic carbocycles. The lowest BCUT2D eigenvalue weighted by atomic mass is 10.0. The maximum absolute atomic E-state index is 14.9. The molecule has 1 aliphatic rings. The number of nitrogen functional groups attached to an aromatic ring is 1. The Morgan fingerprint density at radius 1 is 0.917 bits per heavy atom. The minimum absolute atomic E-state index is 0.0314. The van der Waals surface area contributed by atoms with Gasteiger partial charge in [0.05, 0.1) is 23.0 Å². The summed E-state index contributed by atoms with van der Waals surface area (Å²) in [6.45, 7) is 3.87. The number of pyridine rings is 2. The van der Waals surface area contributed by atoms with Gasteiger partial charge in [-0.05, 0) is 42.0 Å². The standard InChI is InChI=1S/C27H23F2N7/c28-21-2-1-3-24(25(21)29)36-23-8-9-32-16-22(23)34-27(36)20-14-18(15-33-26(20)30)17-4-6-19(7-5-17)35-12-10-31-11-13-35/h1-9,14-16,31H,10-13H2,(H2,30,33). The van der Waals surface area contributed by atoms with Crippen molar-refractivity contribution in [2.24, 2.45) is 0 Å². The van der Waals surface area contributed by atoms with Crippen LogP contribution in [0.1, 0.15) is 0 Å². The summed E-state index contributed by atoms with van der Waals surface area (Å²) in [5, 5.41) is 3.36. The van der Waals surface area contributed by atoms with Gasteiger partial charge in [-0.1, -0.05) is 18.2 Å². The first-order valence-corrected chi connectivity index (χ1v) is 11.7. The molecule has 1 fully saturated rings. The highest BCUT2D eigenvalue weighted by atomic mass is 19.2. The van der Waals surface area contributed by atoms with Crippen LogP contribution in [0.15, 0.2) is 73.2 Å². The molecule has 0 radical (unpaired) electrons. The van der Waals surface area contributed by atoms with E-state index < -0.39 is 11.6 Å². The average Bonchev–Trinajstić information content (AvgIpc) is 3.30. The van der Waals surface area contributed by atoms with E-state index in [-0.39, 0.29) is 11.5 Å². The Kier molecular flexibility index (Phi) is 5.54. The molecule has 0 unspecified atom stereocenters. The van der Waals surface area contributed by atoms with E-state index in [9.17, 15) is 8.78 Å². The number of nitrogens with two attached hydrogens (primary N) is 1. The fourth-order valence-electron chi connectivity index (χ4n) is 4.62. The number of hydrogen-bond donors (Lipinski definition) is 2. The van der Waals surface area contributed by atoms with Crippen LogP contribution in [0.25, 0.3) is 39.2 Å². The molecule has 1 aliphatic heterocycles. The van der Waals surface area contributed by atoms with Gasteiger partial charge in [0.25, 0.3) is 0 Å². The summed E-state index contributed by atoms with van der Waals surface area (Å²) in [6.07, 6.45) is 4.87. The predicted molar refractivity (Wildman–Crippen MR) is 137 cm³/mol. The maximum atomic E-state index is 14.9. The molecule has 180 valence electrons. The van der Waals surface area contributed by atoms with E-state index in [2.05, 4.69) is 37.3 Å². The zero-order valence-electron chi connectivity index (χ0n) is 19.3. The van der Waals surface area contributed by atoms with Crippen LogP contribution in [0.2, 0.25) is 0 Å². The number of piperazine rings is 1. The molecule has 7 nitrogen and oxygen atoms in total. The monoisotopic (exact) mass is 483 g/mol. The first-order valence-electron chi connectivity index (χ1n) is 11.7. The van der Waals surface area contributed by atoms with Crippen LogP contribution in [0.3, 0.4) is 0 Å². The van der Waals surface area contributed by atoms with Crippen molar-refractivity contribution in [2.45, 2.75) is 0 Å². The Morgan fingerprint density at radius 2 is 1.72 bits per heavy atom. The number of nitrogens with one attached hydrogen (secondary N) is 1. The SMILES string of the molecule is Nc1ncc(-c2ccc(N3CCNCC3)cc2)cc1-c1nc2cnccc2n1-c1cccc(F)c1F. The van der Waals surface area contributed by atoms with Gasteiger partial charge >= 0.3 is 0 Å². The molecule has 9 heteroatoms. The van der Waals surface area contributed by atoms with Gasteiger partial charge in [0, 0.05) is 49.8 Å². The van der Waals surface area contributed by atoms with E-state index in [4.69, 9.17) is 5.73 Å².